The van der Waals surface area contributed by atoms with E-state index in [4.69, 9.17) is 5.73 Å². The van der Waals surface area contributed by atoms with E-state index >= 15 is 0 Å². The molecule has 19 heavy (non-hydrogen) atoms. The molecule has 1 aromatic rings. The van der Waals surface area contributed by atoms with Gasteiger partial charge in [0.15, 0.2) is 5.96 Å². The highest BCUT2D eigenvalue weighted by Gasteiger charge is 2.31. The SMILES string of the molecule is I.NC(=NCC1(O)CCSC1)NCCc1cccs1. The third kappa shape index (κ3) is 5.88. The van der Waals surface area contributed by atoms with Crippen LogP contribution in [0.2, 0.25) is 0 Å². The predicted molar refractivity (Wildman–Crippen MR) is 94.8 cm³/mol. The summed E-state index contributed by atoms with van der Waals surface area (Å²) in [4.78, 5) is 5.55. The molecular weight excluding hydrogens is 393 g/mol. The van der Waals surface area contributed by atoms with Crippen molar-refractivity contribution in [1.29, 1.82) is 0 Å². The number of thiophene rings is 1. The largest absolute Gasteiger partial charge is 0.387 e. The molecule has 1 unspecified atom stereocenters. The van der Waals surface area contributed by atoms with Gasteiger partial charge < -0.3 is 16.2 Å². The normalized spacial score (nSPS) is 23.1. The van der Waals surface area contributed by atoms with Gasteiger partial charge in [0.2, 0.25) is 0 Å². The Balaban J connectivity index is 0.00000180. The minimum Gasteiger partial charge on any atom is -0.387 e. The van der Waals surface area contributed by atoms with Crippen LogP contribution in [0.4, 0.5) is 0 Å². The van der Waals surface area contributed by atoms with Crippen LogP contribution in [-0.2, 0) is 6.42 Å². The number of halogens is 1. The Labute approximate surface area is 139 Å². The molecule has 0 saturated carbocycles. The van der Waals surface area contributed by atoms with Gasteiger partial charge in [-0.15, -0.1) is 35.3 Å². The summed E-state index contributed by atoms with van der Waals surface area (Å²) < 4.78 is 0. The number of hydrogen-bond donors (Lipinski definition) is 3. The fraction of sp³-hybridized carbons (Fsp3) is 0.583. The smallest absolute Gasteiger partial charge is 0.188 e. The van der Waals surface area contributed by atoms with Crippen molar-refractivity contribution in [2.75, 3.05) is 24.6 Å². The molecule has 108 valence electrons. The molecule has 0 aromatic carbocycles. The van der Waals surface area contributed by atoms with E-state index in [9.17, 15) is 5.11 Å². The van der Waals surface area contributed by atoms with Gasteiger partial charge in [0, 0.05) is 17.2 Å². The van der Waals surface area contributed by atoms with E-state index in [0.717, 1.165) is 30.9 Å². The number of nitrogens with two attached hydrogens (primary N) is 1. The molecule has 1 aliphatic heterocycles. The summed E-state index contributed by atoms with van der Waals surface area (Å²) in [5.41, 5.74) is 5.13. The molecule has 1 aliphatic rings. The Morgan fingerprint density at radius 1 is 1.58 bits per heavy atom. The van der Waals surface area contributed by atoms with Gasteiger partial charge in [-0.25, -0.2) is 0 Å². The van der Waals surface area contributed by atoms with Gasteiger partial charge in [-0.2, -0.15) is 11.8 Å². The second kappa shape index (κ2) is 8.33. The van der Waals surface area contributed by atoms with E-state index in [2.05, 4.69) is 21.8 Å². The molecule has 1 fully saturated rings. The lowest BCUT2D eigenvalue weighted by atomic mass is 10.1. The molecule has 4 nitrogen and oxygen atoms in total. The number of aliphatic imine (C=N–C) groups is 1. The van der Waals surface area contributed by atoms with E-state index in [1.807, 2.05) is 6.07 Å². The molecule has 0 aliphatic carbocycles. The highest BCUT2D eigenvalue weighted by Crippen LogP contribution is 2.27. The number of nitrogens with zero attached hydrogens (tertiary/aromatic N) is 1. The summed E-state index contributed by atoms with van der Waals surface area (Å²) in [6.07, 6.45) is 1.76. The molecular formula is C12H20IN3OS2. The van der Waals surface area contributed by atoms with Crippen molar-refractivity contribution in [3.63, 3.8) is 0 Å². The van der Waals surface area contributed by atoms with Crippen molar-refractivity contribution in [3.05, 3.63) is 22.4 Å². The monoisotopic (exact) mass is 413 g/mol. The number of thioether (sulfide) groups is 1. The van der Waals surface area contributed by atoms with Crippen LogP contribution in [0.1, 0.15) is 11.3 Å². The highest BCUT2D eigenvalue weighted by atomic mass is 127. The van der Waals surface area contributed by atoms with E-state index < -0.39 is 5.60 Å². The van der Waals surface area contributed by atoms with Crippen LogP contribution in [0.5, 0.6) is 0 Å². The zero-order valence-electron chi connectivity index (χ0n) is 10.7. The molecule has 4 N–H and O–H groups in total. The molecule has 7 heteroatoms. The fourth-order valence-electron chi connectivity index (χ4n) is 1.78. The molecule has 1 aromatic heterocycles. The van der Waals surface area contributed by atoms with Crippen LogP contribution in [-0.4, -0.2) is 41.3 Å². The first-order valence-electron chi connectivity index (χ1n) is 6.04. The van der Waals surface area contributed by atoms with Crippen LogP contribution in [0.3, 0.4) is 0 Å². The van der Waals surface area contributed by atoms with Crippen LogP contribution in [0.15, 0.2) is 22.5 Å². The number of guanidine groups is 1. The maximum absolute atomic E-state index is 10.1. The molecule has 0 radical (unpaired) electrons. The van der Waals surface area contributed by atoms with E-state index in [-0.39, 0.29) is 24.0 Å². The third-order valence-corrected chi connectivity index (χ3v) is 5.05. The van der Waals surface area contributed by atoms with Crippen molar-refractivity contribution < 1.29 is 5.11 Å². The summed E-state index contributed by atoms with van der Waals surface area (Å²) in [7, 11) is 0. The fourth-order valence-corrected chi connectivity index (χ4v) is 3.77. The standard InChI is InChI=1S/C12H19N3OS2.HI/c13-11(14-5-3-10-2-1-6-18-10)15-8-12(16)4-7-17-9-12;/h1-2,6,16H,3-5,7-9H2,(H3,13,14,15);1H. The Morgan fingerprint density at radius 2 is 2.42 bits per heavy atom. The molecule has 1 atom stereocenters. The van der Waals surface area contributed by atoms with E-state index in [0.29, 0.717) is 12.5 Å². The Morgan fingerprint density at radius 3 is 3.05 bits per heavy atom. The van der Waals surface area contributed by atoms with Gasteiger partial charge in [0.1, 0.15) is 0 Å². The summed E-state index contributed by atoms with van der Waals surface area (Å²) in [6.45, 7) is 1.18. The lowest BCUT2D eigenvalue weighted by Crippen LogP contribution is -2.37. The third-order valence-electron chi connectivity index (χ3n) is 2.88. The number of hydrogen-bond acceptors (Lipinski definition) is 4. The van der Waals surface area contributed by atoms with Gasteiger partial charge in [0.25, 0.3) is 0 Å². The predicted octanol–water partition coefficient (Wildman–Crippen LogP) is 1.68. The van der Waals surface area contributed by atoms with Gasteiger partial charge >= 0.3 is 0 Å². The number of nitrogens with one attached hydrogen (secondary N) is 1. The van der Waals surface area contributed by atoms with Gasteiger partial charge in [0.05, 0.1) is 12.1 Å². The summed E-state index contributed by atoms with van der Waals surface area (Å²) >= 11 is 3.51. The quantitative estimate of drug-likeness (QED) is 0.390. The van der Waals surface area contributed by atoms with Crippen molar-refractivity contribution >= 4 is 53.0 Å². The molecule has 2 heterocycles. The van der Waals surface area contributed by atoms with E-state index in [1.54, 1.807) is 23.1 Å². The van der Waals surface area contributed by atoms with Crippen LogP contribution in [0.25, 0.3) is 0 Å². The zero-order valence-corrected chi connectivity index (χ0v) is 14.6. The maximum Gasteiger partial charge on any atom is 0.188 e. The van der Waals surface area contributed by atoms with Crippen molar-refractivity contribution in [2.24, 2.45) is 10.7 Å². The first kappa shape index (κ1) is 17.1. The van der Waals surface area contributed by atoms with Crippen LogP contribution < -0.4 is 11.1 Å². The Hall–Kier alpha value is 0.01000. The second-order valence-electron chi connectivity index (χ2n) is 4.48. The Kier molecular flexibility index (Phi) is 7.48. The highest BCUT2D eigenvalue weighted by molar-refractivity contribution is 14.0. The van der Waals surface area contributed by atoms with Gasteiger partial charge in [-0.3, -0.25) is 4.99 Å². The summed E-state index contributed by atoms with van der Waals surface area (Å²) in [5.74, 6) is 2.20. The van der Waals surface area contributed by atoms with Crippen molar-refractivity contribution in [2.45, 2.75) is 18.4 Å². The second-order valence-corrected chi connectivity index (χ2v) is 6.62. The maximum atomic E-state index is 10.1. The van der Waals surface area contributed by atoms with Gasteiger partial charge in [-0.05, 0) is 30.0 Å². The minimum atomic E-state index is -0.648. The lowest BCUT2D eigenvalue weighted by Gasteiger charge is -2.18. The lowest BCUT2D eigenvalue weighted by molar-refractivity contribution is 0.0779. The van der Waals surface area contributed by atoms with Crippen molar-refractivity contribution in [3.8, 4) is 0 Å². The topological polar surface area (TPSA) is 70.6 Å². The number of rotatable bonds is 5. The van der Waals surface area contributed by atoms with Crippen molar-refractivity contribution in [1.82, 2.24) is 5.32 Å². The molecule has 2 rings (SSSR count). The van der Waals surface area contributed by atoms with Crippen LogP contribution in [0, 0.1) is 0 Å². The van der Waals surface area contributed by atoms with E-state index in [1.165, 1.54) is 4.88 Å². The first-order valence-corrected chi connectivity index (χ1v) is 8.08. The van der Waals surface area contributed by atoms with Gasteiger partial charge in [-0.1, -0.05) is 6.07 Å². The average Bonchev–Trinajstić information content (AvgIpc) is 2.99. The number of aliphatic hydroxyl groups is 1. The molecule has 0 bridgehead atoms. The summed E-state index contributed by atoms with van der Waals surface area (Å²) in [6, 6.07) is 4.16. The average molecular weight is 413 g/mol. The first-order chi connectivity index (χ1) is 8.68. The zero-order chi connectivity index (χ0) is 12.8. The minimum absolute atomic E-state index is 0. The van der Waals surface area contributed by atoms with Crippen LogP contribution >= 0.6 is 47.1 Å². The summed E-state index contributed by atoms with van der Waals surface area (Å²) in [5, 5.41) is 15.3. The molecule has 1 saturated heterocycles. The Bertz CT molecular complexity index is 392. The molecule has 0 amide bonds. The molecule has 0 spiro atoms.